The Labute approximate surface area is 118 Å². The van der Waals surface area contributed by atoms with Crippen molar-refractivity contribution in [3.8, 4) is 0 Å². The first-order chi connectivity index (χ1) is 9.74. The predicted molar refractivity (Wildman–Crippen MR) is 76.9 cm³/mol. The third-order valence-corrected chi connectivity index (χ3v) is 4.82. The zero-order valence-electron chi connectivity index (χ0n) is 11.6. The minimum atomic E-state index is 0.0225. The summed E-state index contributed by atoms with van der Waals surface area (Å²) in [6.07, 6.45) is 11.1. The fourth-order valence-corrected chi connectivity index (χ4v) is 3.61. The van der Waals surface area contributed by atoms with E-state index in [9.17, 15) is 0 Å². The van der Waals surface area contributed by atoms with Crippen molar-refractivity contribution in [3.05, 3.63) is 18.1 Å². The maximum atomic E-state index is 8.86. The van der Waals surface area contributed by atoms with Gasteiger partial charge in [0.25, 0.3) is 0 Å². The monoisotopic (exact) mass is 275 g/mol. The Morgan fingerprint density at radius 3 is 2.45 bits per heavy atom. The number of anilines is 1. The smallest absolute Gasteiger partial charge is 0.192 e. The highest BCUT2D eigenvalue weighted by atomic mass is 16.4. The van der Waals surface area contributed by atoms with Gasteiger partial charge in [0.15, 0.2) is 17.3 Å². The lowest BCUT2D eigenvalue weighted by Gasteiger charge is -2.40. The molecule has 6 nitrogen and oxygen atoms in total. The second-order valence-electron chi connectivity index (χ2n) is 5.91. The Morgan fingerprint density at radius 1 is 1.15 bits per heavy atom. The molecule has 3 rings (SSSR count). The van der Waals surface area contributed by atoms with Gasteiger partial charge in [-0.15, -0.1) is 0 Å². The fraction of sp³-hybridized carbons (Fsp3) is 0.643. The number of piperidine rings is 1. The van der Waals surface area contributed by atoms with E-state index in [2.05, 4.69) is 20.0 Å². The molecule has 2 heterocycles. The van der Waals surface area contributed by atoms with Gasteiger partial charge in [-0.2, -0.15) is 0 Å². The van der Waals surface area contributed by atoms with Crippen molar-refractivity contribution in [1.29, 1.82) is 0 Å². The van der Waals surface area contributed by atoms with Crippen LogP contribution in [-0.2, 0) is 0 Å². The molecule has 1 aliphatic heterocycles. The largest absolute Gasteiger partial charge is 0.409 e. The summed E-state index contributed by atoms with van der Waals surface area (Å²) >= 11 is 0. The first-order valence-corrected chi connectivity index (χ1v) is 7.28. The van der Waals surface area contributed by atoms with Crippen LogP contribution in [0.2, 0.25) is 0 Å². The average molecular weight is 275 g/mol. The summed E-state index contributed by atoms with van der Waals surface area (Å²) in [4.78, 5) is 10.8. The Bertz CT molecular complexity index is 500. The quantitative estimate of drug-likeness (QED) is 0.371. The van der Waals surface area contributed by atoms with Gasteiger partial charge in [0.05, 0.1) is 0 Å². The standard InChI is InChI=1S/C14H21N5O/c15-12(18-20)11-13(17-8-7-16-11)19-9-5-14(6-10-19)3-1-2-4-14/h7-8,20H,1-6,9-10H2,(H2,15,18). The van der Waals surface area contributed by atoms with Crippen molar-refractivity contribution in [2.75, 3.05) is 18.0 Å². The molecule has 0 radical (unpaired) electrons. The number of rotatable bonds is 2. The lowest BCUT2D eigenvalue weighted by atomic mass is 9.77. The summed E-state index contributed by atoms with van der Waals surface area (Å²) < 4.78 is 0. The van der Waals surface area contributed by atoms with Crippen LogP contribution >= 0.6 is 0 Å². The van der Waals surface area contributed by atoms with E-state index in [4.69, 9.17) is 10.9 Å². The summed E-state index contributed by atoms with van der Waals surface area (Å²) in [5, 5.41) is 11.9. The fourth-order valence-electron chi connectivity index (χ4n) is 3.61. The molecule has 0 unspecified atom stereocenters. The van der Waals surface area contributed by atoms with Gasteiger partial charge < -0.3 is 15.8 Å². The van der Waals surface area contributed by atoms with Crippen LogP contribution in [0.3, 0.4) is 0 Å². The minimum Gasteiger partial charge on any atom is -0.409 e. The Morgan fingerprint density at radius 2 is 1.80 bits per heavy atom. The van der Waals surface area contributed by atoms with Crippen LogP contribution < -0.4 is 10.6 Å². The van der Waals surface area contributed by atoms with Gasteiger partial charge >= 0.3 is 0 Å². The van der Waals surface area contributed by atoms with Crippen molar-refractivity contribution in [1.82, 2.24) is 9.97 Å². The molecule has 1 saturated carbocycles. The van der Waals surface area contributed by atoms with Crippen LogP contribution in [0.25, 0.3) is 0 Å². The van der Waals surface area contributed by atoms with Crippen LogP contribution in [0.15, 0.2) is 17.5 Å². The molecule has 0 amide bonds. The molecule has 1 aromatic rings. The topological polar surface area (TPSA) is 87.6 Å². The number of hydrogen-bond acceptors (Lipinski definition) is 5. The van der Waals surface area contributed by atoms with E-state index >= 15 is 0 Å². The van der Waals surface area contributed by atoms with Gasteiger partial charge in [0.2, 0.25) is 0 Å². The molecule has 2 aliphatic rings. The highest BCUT2D eigenvalue weighted by molar-refractivity contribution is 5.99. The van der Waals surface area contributed by atoms with E-state index in [0.29, 0.717) is 11.1 Å². The third-order valence-electron chi connectivity index (χ3n) is 4.82. The molecular weight excluding hydrogens is 254 g/mol. The van der Waals surface area contributed by atoms with E-state index in [1.54, 1.807) is 12.4 Å². The van der Waals surface area contributed by atoms with Crippen LogP contribution in [0.5, 0.6) is 0 Å². The first-order valence-electron chi connectivity index (χ1n) is 7.28. The van der Waals surface area contributed by atoms with Gasteiger partial charge in [-0.25, -0.2) is 9.97 Å². The number of nitrogens with zero attached hydrogens (tertiary/aromatic N) is 4. The molecule has 1 saturated heterocycles. The number of hydrogen-bond donors (Lipinski definition) is 2. The van der Waals surface area contributed by atoms with Crippen molar-refractivity contribution in [3.63, 3.8) is 0 Å². The van der Waals surface area contributed by atoms with Gasteiger partial charge in [0, 0.05) is 25.5 Å². The van der Waals surface area contributed by atoms with E-state index in [1.165, 1.54) is 38.5 Å². The van der Waals surface area contributed by atoms with Gasteiger partial charge in [-0.1, -0.05) is 18.0 Å². The second kappa shape index (κ2) is 5.26. The average Bonchev–Trinajstić information content (AvgIpc) is 2.95. The molecule has 20 heavy (non-hydrogen) atoms. The van der Waals surface area contributed by atoms with Crippen LogP contribution in [-0.4, -0.2) is 34.1 Å². The third kappa shape index (κ3) is 2.30. The van der Waals surface area contributed by atoms with Crippen LogP contribution in [0.1, 0.15) is 44.2 Å². The second-order valence-corrected chi connectivity index (χ2v) is 5.91. The van der Waals surface area contributed by atoms with Crippen molar-refractivity contribution >= 4 is 11.7 Å². The zero-order valence-corrected chi connectivity index (χ0v) is 11.6. The molecule has 1 spiro atoms. The summed E-state index contributed by atoms with van der Waals surface area (Å²) in [7, 11) is 0. The maximum absolute atomic E-state index is 8.86. The molecule has 2 fully saturated rings. The van der Waals surface area contributed by atoms with E-state index < -0.39 is 0 Å². The molecule has 0 atom stereocenters. The minimum absolute atomic E-state index is 0.0225. The van der Waals surface area contributed by atoms with Crippen molar-refractivity contribution in [2.24, 2.45) is 16.3 Å². The van der Waals surface area contributed by atoms with Gasteiger partial charge in [0.1, 0.15) is 0 Å². The number of nitrogens with two attached hydrogens (primary N) is 1. The molecule has 108 valence electrons. The Balaban J connectivity index is 1.78. The molecule has 0 bridgehead atoms. The maximum Gasteiger partial charge on any atom is 0.192 e. The SMILES string of the molecule is NC(=NO)c1nccnc1N1CCC2(CCCC2)CC1. The summed E-state index contributed by atoms with van der Waals surface area (Å²) in [5.41, 5.74) is 6.72. The van der Waals surface area contributed by atoms with Crippen LogP contribution in [0.4, 0.5) is 5.82 Å². The molecule has 6 heteroatoms. The zero-order chi connectivity index (χ0) is 14.0. The lowest BCUT2D eigenvalue weighted by molar-refractivity contribution is 0.226. The molecule has 3 N–H and O–H groups in total. The van der Waals surface area contributed by atoms with E-state index in [0.717, 1.165) is 18.9 Å². The van der Waals surface area contributed by atoms with E-state index in [-0.39, 0.29) is 5.84 Å². The number of amidine groups is 1. The highest BCUT2D eigenvalue weighted by Gasteiger charge is 2.37. The highest BCUT2D eigenvalue weighted by Crippen LogP contribution is 2.46. The van der Waals surface area contributed by atoms with Crippen molar-refractivity contribution < 1.29 is 5.21 Å². The predicted octanol–water partition coefficient (Wildman–Crippen LogP) is 1.73. The number of aromatic nitrogens is 2. The molecule has 0 aromatic carbocycles. The first kappa shape index (κ1) is 13.1. The van der Waals surface area contributed by atoms with Crippen molar-refractivity contribution in [2.45, 2.75) is 38.5 Å². The van der Waals surface area contributed by atoms with Gasteiger partial charge in [-0.3, -0.25) is 0 Å². The van der Waals surface area contributed by atoms with E-state index in [1.807, 2.05) is 0 Å². The van der Waals surface area contributed by atoms with Gasteiger partial charge in [-0.05, 0) is 31.1 Å². The summed E-state index contributed by atoms with van der Waals surface area (Å²) in [6, 6.07) is 0. The number of oxime groups is 1. The molecular formula is C14H21N5O. The molecule has 1 aromatic heterocycles. The Kier molecular flexibility index (Phi) is 3.46. The molecule has 1 aliphatic carbocycles. The normalized spacial score (nSPS) is 22.4. The summed E-state index contributed by atoms with van der Waals surface area (Å²) in [6.45, 7) is 1.95. The van der Waals surface area contributed by atoms with Crippen LogP contribution in [0, 0.1) is 5.41 Å². The summed E-state index contributed by atoms with van der Waals surface area (Å²) in [5.74, 6) is 0.755. The Hall–Kier alpha value is -1.85. The lowest BCUT2D eigenvalue weighted by Crippen LogP contribution is -2.40.